The number of rotatable bonds is 4. The van der Waals surface area contributed by atoms with Gasteiger partial charge in [0.05, 0.1) is 30.2 Å². The third-order valence-electron chi connectivity index (χ3n) is 5.78. The minimum absolute atomic E-state index is 0.0467. The summed E-state index contributed by atoms with van der Waals surface area (Å²) in [6, 6.07) is 6.13. The van der Waals surface area contributed by atoms with E-state index in [0.717, 1.165) is 41.1 Å². The molecule has 1 aliphatic carbocycles. The largest absolute Gasteiger partial charge is 0.377 e. The Bertz CT molecular complexity index is 1170. The lowest BCUT2D eigenvalue weighted by Crippen LogP contribution is -2.44. The Kier molecular flexibility index (Phi) is 4.32. The number of hydrogen-bond acceptors (Lipinski definition) is 7. The van der Waals surface area contributed by atoms with Gasteiger partial charge in [-0.1, -0.05) is 0 Å². The first-order chi connectivity index (χ1) is 13.9. The Morgan fingerprint density at radius 2 is 2.21 bits per heavy atom. The van der Waals surface area contributed by atoms with Gasteiger partial charge >= 0.3 is 0 Å². The summed E-state index contributed by atoms with van der Waals surface area (Å²) in [4.78, 5) is 19.5. The molecule has 0 amide bonds. The second kappa shape index (κ2) is 6.77. The molecule has 4 atom stereocenters. The molecule has 0 radical (unpaired) electrons. The van der Waals surface area contributed by atoms with Crippen molar-refractivity contribution in [2.45, 2.75) is 30.6 Å². The van der Waals surface area contributed by atoms with Crippen molar-refractivity contribution in [1.82, 2.24) is 19.9 Å². The molecule has 9 heteroatoms. The van der Waals surface area contributed by atoms with E-state index in [-0.39, 0.29) is 17.2 Å². The molecule has 1 saturated heterocycles. The summed E-state index contributed by atoms with van der Waals surface area (Å²) >= 11 is 0. The number of fused-ring (bicyclic) bond motifs is 1. The monoisotopic (exact) mass is 412 g/mol. The normalized spacial score (nSPS) is 26.4. The lowest BCUT2D eigenvalue weighted by molar-refractivity contribution is 0.0985. The summed E-state index contributed by atoms with van der Waals surface area (Å²) in [6.45, 7) is 4.22. The third-order valence-corrected chi connectivity index (χ3v) is 7.46. The molecule has 152 valence electrons. The van der Waals surface area contributed by atoms with Gasteiger partial charge in [0.25, 0.3) is 0 Å². The van der Waals surface area contributed by atoms with Gasteiger partial charge in [-0.25, -0.2) is 19.2 Å². The Morgan fingerprint density at radius 1 is 1.34 bits per heavy atom. The van der Waals surface area contributed by atoms with Gasteiger partial charge in [0.15, 0.2) is 5.82 Å². The van der Waals surface area contributed by atoms with Crippen molar-refractivity contribution >= 4 is 26.6 Å². The summed E-state index contributed by atoms with van der Waals surface area (Å²) in [5, 5.41) is 0.836. The molecular formula is C20H24N6O2S. The molecule has 29 heavy (non-hydrogen) atoms. The van der Waals surface area contributed by atoms with Crippen LogP contribution in [0.5, 0.6) is 0 Å². The average Bonchev–Trinajstić information content (AvgIpc) is 3.38. The molecule has 0 spiro atoms. The van der Waals surface area contributed by atoms with Gasteiger partial charge in [0, 0.05) is 57.9 Å². The summed E-state index contributed by atoms with van der Waals surface area (Å²) < 4.78 is 25.8. The highest BCUT2D eigenvalue weighted by atomic mass is 32.2. The Hall–Kier alpha value is -2.52. The second-order valence-corrected chi connectivity index (χ2v) is 10.4. The van der Waals surface area contributed by atoms with Crippen molar-refractivity contribution in [3.8, 4) is 11.4 Å². The van der Waals surface area contributed by atoms with Crippen LogP contribution >= 0.6 is 0 Å². The zero-order valence-corrected chi connectivity index (χ0v) is 17.3. The van der Waals surface area contributed by atoms with Crippen LogP contribution in [-0.2, 0) is 14.5 Å². The van der Waals surface area contributed by atoms with Crippen molar-refractivity contribution in [3.05, 3.63) is 36.3 Å². The van der Waals surface area contributed by atoms with E-state index in [2.05, 4.69) is 21.8 Å². The first-order valence-electron chi connectivity index (χ1n) is 9.80. The molecule has 0 unspecified atom stereocenters. The lowest BCUT2D eigenvalue weighted by Gasteiger charge is -2.34. The van der Waals surface area contributed by atoms with Gasteiger partial charge in [-0.3, -0.25) is 4.78 Å². The number of aromatic nitrogens is 4. The number of hydrogen-bond donors (Lipinski definition) is 2. The molecule has 0 bridgehead atoms. The highest BCUT2D eigenvalue weighted by molar-refractivity contribution is 7.92. The van der Waals surface area contributed by atoms with E-state index in [1.165, 1.54) is 6.26 Å². The quantitative estimate of drug-likeness (QED) is 0.682. The van der Waals surface area contributed by atoms with Crippen LogP contribution in [0, 0.1) is 4.78 Å². The summed E-state index contributed by atoms with van der Waals surface area (Å²) in [7, 11) is -2.59. The number of nitrogens with one attached hydrogen (secondary N) is 2. The molecule has 5 rings (SSSR count). The zero-order chi connectivity index (χ0) is 20.2. The molecule has 3 aromatic rings. The number of aromatic amines is 1. The first kappa shape index (κ1) is 18.5. The molecule has 0 aromatic carbocycles. The maximum absolute atomic E-state index is 12.3. The van der Waals surface area contributed by atoms with Gasteiger partial charge in [-0.05, 0) is 25.5 Å². The van der Waals surface area contributed by atoms with Crippen molar-refractivity contribution < 1.29 is 8.95 Å². The molecular weight excluding hydrogens is 388 g/mol. The fourth-order valence-corrected chi connectivity index (χ4v) is 5.45. The summed E-state index contributed by atoms with van der Waals surface area (Å²) in [5.74, 6) is 1.55. The van der Waals surface area contributed by atoms with Crippen LogP contribution < -0.4 is 4.90 Å². The molecule has 2 aliphatic rings. The summed E-state index contributed by atoms with van der Waals surface area (Å²) in [6.07, 6.45) is 5.88. The first-order valence-corrected chi connectivity index (χ1v) is 11.8. The van der Waals surface area contributed by atoms with E-state index >= 15 is 0 Å². The van der Waals surface area contributed by atoms with Gasteiger partial charge in [0.1, 0.15) is 11.5 Å². The number of H-pyrrole nitrogens is 1. The van der Waals surface area contributed by atoms with E-state index in [1.807, 2.05) is 24.4 Å². The topological polar surface area (TPSA) is 108 Å². The van der Waals surface area contributed by atoms with E-state index < -0.39 is 9.73 Å². The predicted octanol–water partition coefficient (Wildman–Crippen LogP) is 2.78. The van der Waals surface area contributed by atoms with Crippen LogP contribution in [0.3, 0.4) is 0 Å². The van der Waals surface area contributed by atoms with E-state index in [9.17, 15) is 4.21 Å². The molecule has 2 fully saturated rings. The maximum Gasteiger partial charge on any atom is 0.162 e. The molecule has 1 saturated carbocycles. The number of anilines is 1. The second-order valence-electron chi connectivity index (χ2n) is 7.97. The highest BCUT2D eigenvalue weighted by Crippen LogP contribution is 2.46. The smallest absolute Gasteiger partial charge is 0.162 e. The van der Waals surface area contributed by atoms with E-state index in [1.54, 1.807) is 6.20 Å². The SMILES string of the molecule is C[C@@H]1COCCN1c1cc([C@@H]2C[C@@H]2[S@@](C)(=N)=O)nc(-c2ccnc3[nH]ccc23)n1. The van der Waals surface area contributed by atoms with Crippen molar-refractivity contribution in [1.29, 1.82) is 4.78 Å². The van der Waals surface area contributed by atoms with Crippen LogP contribution in [0.15, 0.2) is 30.6 Å². The van der Waals surface area contributed by atoms with Crippen LogP contribution in [-0.4, -0.2) is 61.5 Å². The molecule has 2 N–H and O–H groups in total. The van der Waals surface area contributed by atoms with Crippen LogP contribution in [0.25, 0.3) is 22.4 Å². The van der Waals surface area contributed by atoms with Crippen molar-refractivity contribution in [3.63, 3.8) is 0 Å². The van der Waals surface area contributed by atoms with E-state index in [0.29, 0.717) is 19.0 Å². The van der Waals surface area contributed by atoms with Crippen LogP contribution in [0.2, 0.25) is 0 Å². The van der Waals surface area contributed by atoms with Gasteiger partial charge in [0.2, 0.25) is 0 Å². The average molecular weight is 413 g/mol. The van der Waals surface area contributed by atoms with Gasteiger partial charge in [-0.2, -0.15) is 0 Å². The molecule has 1 aliphatic heterocycles. The predicted molar refractivity (Wildman–Crippen MR) is 113 cm³/mol. The highest BCUT2D eigenvalue weighted by Gasteiger charge is 2.45. The Balaban J connectivity index is 1.63. The fourth-order valence-electron chi connectivity index (χ4n) is 4.11. The number of morpholine rings is 1. The fraction of sp³-hybridized carbons (Fsp3) is 0.450. The Morgan fingerprint density at radius 3 is 2.97 bits per heavy atom. The maximum atomic E-state index is 12.3. The van der Waals surface area contributed by atoms with E-state index in [4.69, 9.17) is 19.5 Å². The van der Waals surface area contributed by atoms with Crippen LogP contribution in [0.4, 0.5) is 5.82 Å². The Labute approximate surface area is 169 Å². The van der Waals surface area contributed by atoms with Crippen molar-refractivity contribution in [2.75, 3.05) is 30.9 Å². The minimum atomic E-state index is -2.59. The number of pyridine rings is 1. The van der Waals surface area contributed by atoms with Gasteiger partial charge < -0.3 is 14.6 Å². The minimum Gasteiger partial charge on any atom is -0.377 e. The van der Waals surface area contributed by atoms with Gasteiger partial charge in [-0.15, -0.1) is 0 Å². The van der Waals surface area contributed by atoms with Crippen LogP contribution in [0.1, 0.15) is 25.0 Å². The summed E-state index contributed by atoms with van der Waals surface area (Å²) in [5.41, 5.74) is 2.58. The zero-order valence-electron chi connectivity index (χ0n) is 16.5. The third kappa shape index (κ3) is 3.38. The molecule has 4 heterocycles. The number of nitrogens with zero attached hydrogens (tertiary/aromatic N) is 4. The number of ether oxygens (including phenoxy) is 1. The molecule has 8 nitrogen and oxygen atoms in total. The molecule has 3 aromatic heterocycles. The standard InChI is InChI=1S/C20H24N6O2S/c1-12-11-28-8-7-26(12)18-10-16(15-9-17(15)29(2,21)27)24-20(25-18)14-4-6-23-19-13(14)3-5-22-19/h3-6,10,12,15,17,21H,7-9,11H2,1-2H3,(H,22,23)/t12-,15+,17+,29+/m1/s1. The van der Waals surface area contributed by atoms with Crippen molar-refractivity contribution in [2.24, 2.45) is 0 Å². The lowest BCUT2D eigenvalue weighted by atomic mass is 10.1.